The normalized spacial score (nSPS) is 15.0. The van der Waals surface area contributed by atoms with Crippen molar-refractivity contribution < 1.29 is 17.4 Å². The molecule has 4 heteroatoms. The molecular formula is C21H26Cl2SiZr. The third kappa shape index (κ3) is 3.32. The molecule has 0 nitrogen and oxygen atoms in total. The van der Waals surface area contributed by atoms with Crippen LogP contribution in [0.25, 0.3) is 11.1 Å². The first kappa shape index (κ1) is 20.9. The fourth-order valence-corrected chi connectivity index (χ4v) is 16.6. The van der Waals surface area contributed by atoms with Gasteiger partial charge in [0.25, 0.3) is 0 Å². The van der Waals surface area contributed by atoms with E-state index in [2.05, 4.69) is 77.7 Å². The zero-order valence-corrected chi connectivity index (χ0v) is 20.6. The van der Waals surface area contributed by atoms with Crippen LogP contribution in [0.4, 0.5) is 0 Å². The van der Waals surface area contributed by atoms with Crippen molar-refractivity contribution in [1.29, 1.82) is 0 Å². The number of halogens is 2. The third-order valence-corrected chi connectivity index (χ3v) is 22.0. The molecule has 132 valence electrons. The number of hydrogen-bond donors (Lipinski definition) is 0. The predicted octanol–water partition coefficient (Wildman–Crippen LogP) is 5.21. The Hall–Kier alpha value is -0.400. The SMILES string of the molecule is Cc1cc2c([c]([Zr]([CH3])([CH3])(=[SiH2])[C]3=CC=CC3)c1)Cc1ccccc1-2.Cl.Cl. The van der Waals surface area contributed by atoms with Crippen LogP contribution in [0.15, 0.2) is 57.9 Å². The van der Waals surface area contributed by atoms with Gasteiger partial charge in [0, 0.05) is 0 Å². The second kappa shape index (κ2) is 6.97. The predicted molar refractivity (Wildman–Crippen MR) is 116 cm³/mol. The quantitative estimate of drug-likeness (QED) is 0.453. The molecule has 0 atom stereocenters. The van der Waals surface area contributed by atoms with E-state index in [1.807, 2.05) is 0 Å². The molecule has 25 heavy (non-hydrogen) atoms. The van der Waals surface area contributed by atoms with Gasteiger partial charge < -0.3 is 0 Å². The second-order valence-corrected chi connectivity index (χ2v) is 36.8. The summed E-state index contributed by atoms with van der Waals surface area (Å²) in [4.78, 5) is 0. The Morgan fingerprint density at radius 2 is 1.72 bits per heavy atom. The van der Waals surface area contributed by atoms with E-state index in [0.29, 0.717) is 0 Å². The Morgan fingerprint density at radius 3 is 2.40 bits per heavy atom. The van der Waals surface area contributed by atoms with Gasteiger partial charge >= 0.3 is 142 Å². The van der Waals surface area contributed by atoms with Gasteiger partial charge in [0.05, 0.1) is 0 Å². The Labute approximate surface area is 166 Å². The van der Waals surface area contributed by atoms with E-state index in [0.717, 1.165) is 12.8 Å². The molecule has 0 saturated carbocycles. The van der Waals surface area contributed by atoms with Crippen LogP contribution in [-0.2, 0) is 23.8 Å². The van der Waals surface area contributed by atoms with Crippen molar-refractivity contribution >= 4 is 35.0 Å². The molecule has 2 aliphatic rings. The first-order chi connectivity index (χ1) is 10.9. The van der Waals surface area contributed by atoms with Crippen LogP contribution >= 0.6 is 24.8 Å². The number of allylic oxidation sites excluding steroid dienone is 4. The Balaban J connectivity index is 0.00000113. The number of hydrogen-bond acceptors (Lipinski definition) is 0. The number of benzene rings is 2. The fourth-order valence-electron chi connectivity index (χ4n) is 4.30. The molecule has 2 aliphatic carbocycles. The molecule has 0 aliphatic heterocycles. The molecule has 0 unspecified atom stereocenters. The minimum atomic E-state index is -3.07. The van der Waals surface area contributed by atoms with E-state index in [4.69, 9.17) is 0 Å². The largest absolute Gasteiger partial charge is 0.147 e. The van der Waals surface area contributed by atoms with Crippen LogP contribution in [0.1, 0.15) is 23.1 Å². The smallest absolute Gasteiger partial charge is 0.147 e. The molecule has 0 amide bonds. The molecule has 0 fully saturated rings. The average molecular weight is 469 g/mol. The van der Waals surface area contributed by atoms with Crippen LogP contribution in [0.3, 0.4) is 0 Å². The van der Waals surface area contributed by atoms with Crippen LogP contribution in [0, 0.1) is 6.92 Å². The maximum absolute atomic E-state index is 3.07. The summed E-state index contributed by atoms with van der Waals surface area (Å²) in [6, 6.07) is 13.9. The fraction of sp³-hybridized carbons (Fsp3) is 0.238. The summed E-state index contributed by atoms with van der Waals surface area (Å²) in [5.41, 5.74) is 7.49. The minimum absolute atomic E-state index is 0. The zero-order chi connectivity index (χ0) is 16.3. The summed E-state index contributed by atoms with van der Waals surface area (Å²) in [6.45, 7) is 4.61. The summed E-state index contributed by atoms with van der Waals surface area (Å²) >= 11 is -3.07. The first-order valence-corrected chi connectivity index (χ1v) is 21.8. The molecule has 0 saturated heterocycles. The van der Waals surface area contributed by atoms with Crippen LogP contribution in [0.2, 0.25) is 9.26 Å². The van der Waals surface area contributed by atoms with Crippen molar-refractivity contribution in [2.75, 3.05) is 0 Å². The van der Waals surface area contributed by atoms with Crippen molar-refractivity contribution in [2.45, 2.75) is 29.0 Å². The standard InChI is InChI=1S/C14H11.C5H5.2CH3.2ClH.H2Si.Zr/c1-10-6-7-12-9-11-4-2-3-5-13(11)14(12)8-10;1-2-4-5-3-1;;;;;;/h2-6,8H,9H2,1H3;1-3H,4H2;2*1H3;2*1H;1H2;. The van der Waals surface area contributed by atoms with Crippen molar-refractivity contribution in [1.82, 2.24) is 0 Å². The van der Waals surface area contributed by atoms with Gasteiger partial charge in [-0.25, -0.2) is 0 Å². The van der Waals surface area contributed by atoms with Crippen LogP contribution < -0.4 is 3.27 Å². The Morgan fingerprint density at radius 1 is 1.00 bits per heavy atom. The molecule has 0 N–H and O–H groups in total. The zero-order valence-electron chi connectivity index (χ0n) is 15.1. The maximum Gasteiger partial charge on any atom is -0.147 e. The number of aryl methyl sites for hydroxylation is 1. The Kier molecular flexibility index (Phi) is 5.82. The minimum Gasteiger partial charge on any atom is -0.147 e. The molecule has 0 heterocycles. The summed E-state index contributed by atoms with van der Waals surface area (Å²) in [5, 5.41) is 0. The van der Waals surface area contributed by atoms with Crippen molar-refractivity contribution in [2.24, 2.45) is 0 Å². The van der Waals surface area contributed by atoms with Gasteiger partial charge in [-0.2, -0.15) is 0 Å². The van der Waals surface area contributed by atoms with Gasteiger partial charge in [0.2, 0.25) is 0 Å². The van der Waals surface area contributed by atoms with Crippen molar-refractivity contribution in [3.05, 3.63) is 74.6 Å². The van der Waals surface area contributed by atoms with Gasteiger partial charge in [0.1, 0.15) is 0 Å². The molecule has 0 radical (unpaired) electrons. The van der Waals surface area contributed by atoms with E-state index in [9.17, 15) is 0 Å². The monoisotopic (exact) mass is 466 g/mol. The first-order valence-electron chi connectivity index (χ1n) is 8.51. The van der Waals surface area contributed by atoms with Crippen LogP contribution in [-0.4, -0.2) is 6.88 Å². The molecule has 0 spiro atoms. The Bertz CT molecular complexity index is 964. The molecule has 0 aromatic heterocycles. The molecule has 2 aromatic rings. The average Bonchev–Trinajstić information content (AvgIpc) is 3.14. The van der Waals surface area contributed by atoms with E-state index in [1.165, 1.54) is 22.3 Å². The molecular weight excluding hydrogens is 442 g/mol. The van der Waals surface area contributed by atoms with Gasteiger partial charge in [-0.3, -0.25) is 0 Å². The van der Waals surface area contributed by atoms with Gasteiger partial charge in [0.15, 0.2) is 0 Å². The van der Waals surface area contributed by atoms with E-state index < -0.39 is 17.4 Å². The summed E-state index contributed by atoms with van der Waals surface area (Å²) in [6.07, 6.45) is 9.28. The summed E-state index contributed by atoms with van der Waals surface area (Å²) in [5.74, 6) is 0. The maximum atomic E-state index is 2.62. The topological polar surface area (TPSA) is 0 Å². The summed E-state index contributed by atoms with van der Waals surface area (Å²) in [7, 11) is 0. The van der Waals surface area contributed by atoms with Gasteiger partial charge in [-0.1, -0.05) is 0 Å². The van der Waals surface area contributed by atoms with Gasteiger partial charge in [-0.15, -0.1) is 24.8 Å². The van der Waals surface area contributed by atoms with E-state index in [1.54, 1.807) is 12.1 Å². The summed E-state index contributed by atoms with van der Waals surface area (Å²) < 4.78 is 8.69. The van der Waals surface area contributed by atoms with Crippen molar-refractivity contribution in [3.63, 3.8) is 0 Å². The molecule has 0 bridgehead atoms. The number of fused-ring (bicyclic) bond motifs is 3. The molecule has 4 rings (SSSR count). The second-order valence-electron chi connectivity index (χ2n) is 8.18. The van der Waals surface area contributed by atoms with Gasteiger partial charge in [-0.05, 0) is 0 Å². The van der Waals surface area contributed by atoms with Crippen LogP contribution in [0.5, 0.6) is 0 Å². The molecule has 2 aromatic carbocycles. The number of rotatable bonds is 2. The van der Waals surface area contributed by atoms with E-state index >= 15 is 0 Å². The third-order valence-electron chi connectivity index (χ3n) is 5.73. The van der Waals surface area contributed by atoms with E-state index in [-0.39, 0.29) is 24.8 Å². The van der Waals surface area contributed by atoms with Crippen molar-refractivity contribution in [3.8, 4) is 11.1 Å².